The smallest absolute Gasteiger partial charge is 0.0889 e. The van der Waals surface area contributed by atoms with Gasteiger partial charge in [0.25, 0.3) is 0 Å². The van der Waals surface area contributed by atoms with Gasteiger partial charge in [0.05, 0.1) is 11.6 Å². The lowest BCUT2D eigenvalue weighted by atomic mass is 9.76. The molecule has 1 aromatic rings. The molecule has 0 radical (unpaired) electrons. The van der Waals surface area contributed by atoms with Crippen molar-refractivity contribution in [2.24, 2.45) is 5.84 Å². The van der Waals surface area contributed by atoms with Crippen LogP contribution in [-0.2, 0) is 4.74 Å². The fourth-order valence-electron chi connectivity index (χ4n) is 3.58. The molecular weight excluding hydrogens is 260 g/mol. The fraction of sp³-hybridized carbons (Fsp3) is 0.667. The molecule has 1 fully saturated rings. The standard InChI is InChI=1S/C18H30N2O/c1-4-21-18(12-6-5-7-13-18)17(20-19)16-10-8-15(9-11-16)14(2)3/h8-11,14,17,20H,4-7,12-13,19H2,1-3H3. The van der Waals surface area contributed by atoms with E-state index in [4.69, 9.17) is 10.6 Å². The van der Waals surface area contributed by atoms with Crippen molar-refractivity contribution in [1.29, 1.82) is 0 Å². The van der Waals surface area contributed by atoms with E-state index in [0.29, 0.717) is 5.92 Å². The molecule has 3 N–H and O–H groups in total. The molecule has 118 valence electrons. The number of hydrogen-bond acceptors (Lipinski definition) is 3. The van der Waals surface area contributed by atoms with Gasteiger partial charge in [-0.25, -0.2) is 0 Å². The Morgan fingerprint density at radius 1 is 1.10 bits per heavy atom. The highest BCUT2D eigenvalue weighted by Gasteiger charge is 2.41. The van der Waals surface area contributed by atoms with Crippen LogP contribution < -0.4 is 11.3 Å². The lowest BCUT2D eigenvalue weighted by molar-refractivity contribution is -0.0913. The van der Waals surface area contributed by atoms with Crippen molar-refractivity contribution >= 4 is 0 Å². The Morgan fingerprint density at radius 2 is 1.67 bits per heavy atom. The van der Waals surface area contributed by atoms with Gasteiger partial charge in [0.2, 0.25) is 0 Å². The molecule has 1 aromatic carbocycles. The van der Waals surface area contributed by atoms with E-state index in [2.05, 4.69) is 50.5 Å². The molecule has 1 aliphatic rings. The maximum atomic E-state index is 6.21. The largest absolute Gasteiger partial charge is 0.373 e. The zero-order valence-corrected chi connectivity index (χ0v) is 13.7. The van der Waals surface area contributed by atoms with Crippen LogP contribution in [0.5, 0.6) is 0 Å². The van der Waals surface area contributed by atoms with Crippen molar-refractivity contribution in [3.05, 3.63) is 35.4 Å². The Bertz CT molecular complexity index is 416. The molecule has 0 bridgehead atoms. The normalized spacial score (nSPS) is 19.7. The highest BCUT2D eigenvalue weighted by atomic mass is 16.5. The van der Waals surface area contributed by atoms with Gasteiger partial charge >= 0.3 is 0 Å². The topological polar surface area (TPSA) is 47.3 Å². The molecule has 21 heavy (non-hydrogen) atoms. The zero-order chi connectivity index (χ0) is 15.3. The number of hydrazine groups is 1. The lowest BCUT2D eigenvalue weighted by Gasteiger charge is -2.43. The molecule has 0 aromatic heterocycles. The minimum absolute atomic E-state index is 0.0685. The van der Waals surface area contributed by atoms with E-state index in [9.17, 15) is 0 Å². The van der Waals surface area contributed by atoms with Crippen LogP contribution in [0.1, 0.15) is 76.0 Å². The minimum atomic E-state index is -0.152. The highest BCUT2D eigenvalue weighted by Crippen LogP contribution is 2.41. The molecule has 0 amide bonds. The summed E-state index contributed by atoms with van der Waals surface area (Å²) in [6.45, 7) is 7.25. The van der Waals surface area contributed by atoms with Gasteiger partial charge in [-0.3, -0.25) is 11.3 Å². The van der Waals surface area contributed by atoms with Crippen LogP contribution in [0.25, 0.3) is 0 Å². The summed E-state index contributed by atoms with van der Waals surface area (Å²) in [7, 11) is 0. The summed E-state index contributed by atoms with van der Waals surface area (Å²) in [6.07, 6.45) is 5.92. The number of hydrogen-bond donors (Lipinski definition) is 2. The van der Waals surface area contributed by atoms with E-state index in [1.54, 1.807) is 0 Å². The molecule has 1 aliphatic carbocycles. The molecule has 1 atom stereocenters. The molecule has 0 aliphatic heterocycles. The second-order valence-corrected chi connectivity index (χ2v) is 6.48. The Kier molecular flexibility index (Phi) is 5.80. The van der Waals surface area contributed by atoms with Gasteiger partial charge in [-0.1, -0.05) is 57.4 Å². The van der Waals surface area contributed by atoms with Crippen LogP contribution in [0, 0.1) is 0 Å². The first-order chi connectivity index (χ1) is 10.1. The Labute approximate surface area is 129 Å². The molecule has 3 heteroatoms. The second kappa shape index (κ2) is 7.39. The summed E-state index contributed by atoms with van der Waals surface area (Å²) in [4.78, 5) is 0. The Morgan fingerprint density at radius 3 is 2.14 bits per heavy atom. The van der Waals surface area contributed by atoms with Crippen LogP contribution in [-0.4, -0.2) is 12.2 Å². The van der Waals surface area contributed by atoms with Gasteiger partial charge in [0.15, 0.2) is 0 Å². The zero-order valence-electron chi connectivity index (χ0n) is 13.7. The average Bonchev–Trinajstić information content (AvgIpc) is 2.49. The summed E-state index contributed by atoms with van der Waals surface area (Å²) in [5.41, 5.74) is 5.48. The predicted octanol–water partition coefficient (Wildman–Crippen LogP) is 4.05. The van der Waals surface area contributed by atoms with Gasteiger partial charge in [0, 0.05) is 6.61 Å². The number of ether oxygens (including phenoxy) is 1. The molecule has 0 saturated heterocycles. The Hall–Kier alpha value is -0.900. The van der Waals surface area contributed by atoms with Crippen LogP contribution >= 0.6 is 0 Å². The second-order valence-electron chi connectivity index (χ2n) is 6.48. The van der Waals surface area contributed by atoms with Gasteiger partial charge in [-0.2, -0.15) is 0 Å². The monoisotopic (exact) mass is 290 g/mol. The van der Waals surface area contributed by atoms with E-state index < -0.39 is 0 Å². The van der Waals surface area contributed by atoms with Crippen molar-refractivity contribution in [2.75, 3.05) is 6.61 Å². The van der Waals surface area contributed by atoms with Crippen LogP contribution in [0.2, 0.25) is 0 Å². The SMILES string of the molecule is CCOC1(C(NN)c2ccc(C(C)C)cc2)CCCCC1. The third-order valence-corrected chi connectivity index (χ3v) is 4.76. The summed E-state index contributed by atoms with van der Waals surface area (Å²) in [5, 5.41) is 0. The summed E-state index contributed by atoms with van der Waals surface area (Å²) in [6, 6.07) is 8.91. The number of nitrogens with two attached hydrogens (primary N) is 1. The molecule has 1 unspecified atom stereocenters. The van der Waals surface area contributed by atoms with Crippen LogP contribution in [0.3, 0.4) is 0 Å². The molecular formula is C18H30N2O. The average molecular weight is 290 g/mol. The predicted molar refractivity (Wildman–Crippen MR) is 88.0 cm³/mol. The number of rotatable bonds is 6. The van der Waals surface area contributed by atoms with Crippen LogP contribution in [0.4, 0.5) is 0 Å². The van der Waals surface area contributed by atoms with E-state index in [1.165, 1.54) is 30.4 Å². The minimum Gasteiger partial charge on any atom is -0.373 e. The van der Waals surface area contributed by atoms with Crippen molar-refractivity contribution in [3.63, 3.8) is 0 Å². The number of benzene rings is 1. The molecule has 3 nitrogen and oxygen atoms in total. The lowest BCUT2D eigenvalue weighted by Crippen LogP contribution is -2.49. The quantitative estimate of drug-likeness (QED) is 0.613. The van der Waals surface area contributed by atoms with Gasteiger partial charge in [-0.15, -0.1) is 0 Å². The summed E-state index contributed by atoms with van der Waals surface area (Å²) < 4.78 is 6.21. The first-order valence-corrected chi connectivity index (χ1v) is 8.33. The fourth-order valence-corrected chi connectivity index (χ4v) is 3.58. The van der Waals surface area contributed by atoms with Crippen molar-refractivity contribution in [2.45, 2.75) is 70.4 Å². The van der Waals surface area contributed by atoms with Gasteiger partial charge in [-0.05, 0) is 36.8 Å². The van der Waals surface area contributed by atoms with Crippen molar-refractivity contribution in [3.8, 4) is 0 Å². The maximum Gasteiger partial charge on any atom is 0.0889 e. The summed E-state index contributed by atoms with van der Waals surface area (Å²) in [5.74, 6) is 6.47. The maximum absolute atomic E-state index is 6.21. The summed E-state index contributed by atoms with van der Waals surface area (Å²) >= 11 is 0. The molecule has 1 saturated carbocycles. The Balaban J connectivity index is 2.27. The van der Waals surface area contributed by atoms with Crippen molar-refractivity contribution < 1.29 is 4.74 Å². The van der Waals surface area contributed by atoms with E-state index >= 15 is 0 Å². The third kappa shape index (κ3) is 3.65. The van der Waals surface area contributed by atoms with Gasteiger partial charge < -0.3 is 4.74 Å². The van der Waals surface area contributed by atoms with Gasteiger partial charge in [0.1, 0.15) is 0 Å². The first kappa shape index (κ1) is 16.5. The van der Waals surface area contributed by atoms with Crippen LogP contribution in [0.15, 0.2) is 24.3 Å². The van der Waals surface area contributed by atoms with Crippen molar-refractivity contribution in [1.82, 2.24) is 5.43 Å². The molecule has 2 rings (SSSR count). The molecule has 0 spiro atoms. The number of nitrogens with one attached hydrogen (secondary N) is 1. The third-order valence-electron chi connectivity index (χ3n) is 4.76. The molecule has 0 heterocycles. The highest BCUT2D eigenvalue weighted by molar-refractivity contribution is 5.29. The van der Waals surface area contributed by atoms with E-state index in [1.807, 2.05) is 0 Å². The van der Waals surface area contributed by atoms with E-state index in [0.717, 1.165) is 19.4 Å². The first-order valence-electron chi connectivity index (χ1n) is 8.33. The van der Waals surface area contributed by atoms with E-state index in [-0.39, 0.29) is 11.6 Å².